The van der Waals surface area contributed by atoms with Crippen molar-refractivity contribution in [2.45, 2.75) is 31.4 Å². The van der Waals surface area contributed by atoms with Gasteiger partial charge in [0, 0.05) is 6.04 Å². The summed E-state index contributed by atoms with van der Waals surface area (Å²) in [6.45, 7) is 0.564. The molecule has 3 atom stereocenters. The molecule has 1 saturated carbocycles. The van der Waals surface area contributed by atoms with Crippen LogP contribution in [0.4, 0.5) is 0 Å². The van der Waals surface area contributed by atoms with Gasteiger partial charge in [0.1, 0.15) is 0 Å². The summed E-state index contributed by atoms with van der Waals surface area (Å²) in [5, 5.41) is 9.35. The lowest BCUT2D eigenvalue weighted by molar-refractivity contribution is 0.0671. The quantitative estimate of drug-likeness (QED) is 0.461. The normalized spacial score (nSPS) is 41.7. The fourth-order valence-electron chi connectivity index (χ4n) is 1.54. The molecule has 0 saturated heterocycles. The highest BCUT2D eigenvalue weighted by atomic mass is 16.3. The molecule has 5 N–H and O–H groups in total. The first-order valence-electron chi connectivity index (χ1n) is 3.87. The van der Waals surface area contributed by atoms with Gasteiger partial charge in [-0.1, -0.05) is 0 Å². The van der Waals surface area contributed by atoms with Gasteiger partial charge in [-0.15, -0.1) is 0 Å². The van der Waals surface area contributed by atoms with Crippen LogP contribution in [0.3, 0.4) is 0 Å². The topological polar surface area (TPSA) is 72.3 Å². The number of hydrogen-bond donors (Lipinski definition) is 3. The SMILES string of the molecule is NCC1CC(N)CCC1O. The molecule has 1 aliphatic rings. The third-order valence-corrected chi connectivity index (χ3v) is 2.29. The smallest absolute Gasteiger partial charge is 0.0581 e. The molecule has 3 nitrogen and oxygen atoms in total. The number of aliphatic hydroxyl groups is 1. The Kier molecular flexibility index (Phi) is 2.65. The second kappa shape index (κ2) is 3.32. The summed E-state index contributed by atoms with van der Waals surface area (Å²) in [5.41, 5.74) is 11.1. The first-order valence-corrected chi connectivity index (χ1v) is 3.87. The van der Waals surface area contributed by atoms with Gasteiger partial charge in [-0.05, 0) is 31.7 Å². The van der Waals surface area contributed by atoms with Crippen molar-refractivity contribution in [2.24, 2.45) is 17.4 Å². The lowest BCUT2D eigenvalue weighted by atomic mass is 9.84. The second-order valence-electron chi connectivity index (χ2n) is 3.14. The van der Waals surface area contributed by atoms with Gasteiger partial charge in [0.05, 0.1) is 6.10 Å². The van der Waals surface area contributed by atoms with E-state index in [-0.39, 0.29) is 18.1 Å². The Hall–Kier alpha value is -0.120. The molecular formula is C7H16N2O. The van der Waals surface area contributed by atoms with E-state index in [4.69, 9.17) is 11.5 Å². The van der Waals surface area contributed by atoms with Crippen molar-refractivity contribution in [2.75, 3.05) is 6.54 Å². The van der Waals surface area contributed by atoms with Crippen molar-refractivity contribution in [3.05, 3.63) is 0 Å². The fraction of sp³-hybridized carbons (Fsp3) is 1.00. The van der Waals surface area contributed by atoms with Crippen molar-refractivity contribution in [3.63, 3.8) is 0 Å². The van der Waals surface area contributed by atoms with Crippen molar-refractivity contribution in [3.8, 4) is 0 Å². The summed E-state index contributed by atoms with van der Waals surface area (Å²) in [6, 6.07) is 0.261. The maximum atomic E-state index is 9.35. The van der Waals surface area contributed by atoms with Crippen LogP contribution in [0.1, 0.15) is 19.3 Å². The van der Waals surface area contributed by atoms with Gasteiger partial charge < -0.3 is 16.6 Å². The molecule has 0 aliphatic heterocycles. The zero-order valence-corrected chi connectivity index (χ0v) is 6.16. The van der Waals surface area contributed by atoms with E-state index in [2.05, 4.69) is 0 Å². The minimum absolute atomic E-state index is 0.204. The molecule has 10 heavy (non-hydrogen) atoms. The Morgan fingerprint density at radius 1 is 1.40 bits per heavy atom. The number of nitrogens with two attached hydrogens (primary N) is 2. The van der Waals surface area contributed by atoms with Gasteiger partial charge in [-0.2, -0.15) is 0 Å². The monoisotopic (exact) mass is 144 g/mol. The Balaban J connectivity index is 2.38. The Bertz CT molecular complexity index is 108. The molecular weight excluding hydrogens is 128 g/mol. The van der Waals surface area contributed by atoms with Crippen molar-refractivity contribution >= 4 is 0 Å². The van der Waals surface area contributed by atoms with Crippen LogP contribution < -0.4 is 11.5 Å². The highest BCUT2D eigenvalue weighted by Crippen LogP contribution is 2.22. The zero-order valence-electron chi connectivity index (χ0n) is 6.16. The third-order valence-electron chi connectivity index (χ3n) is 2.29. The molecule has 0 radical (unpaired) electrons. The van der Waals surface area contributed by atoms with Gasteiger partial charge >= 0.3 is 0 Å². The zero-order chi connectivity index (χ0) is 7.56. The van der Waals surface area contributed by atoms with E-state index in [1.807, 2.05) is 0 Å². The van der Waals surface area contributed by atoms with Crippen LogP contribution in [0.2, 0.25) is 0 Å². The molecule has 1 aliphatic carbocycles. The average Bonchev–Trinajstić information content (AvgIpc) is 1.94. The lowest BCUT2D eigenvalue weighted by Crippen LogP contribution is -2.39. The Labute approximate surface area is 61.4 Å². The minimum atomic E-state index is -0.204. The summed E-state index contributed by atoms with van der Waals surface area (Å²) in [4.78, 5) is 0. The van der Waals surface area contributed by atoms with Gasteiger partial charge in [0.2, 0.25) is 0 Å². The molecule has 3 unspecified atom stereocenters. The maximum absolute atomic E-state index is 9.35. The predicted molar refractivity (Wildman–Crippen MR) is 40.4 cm³/mol. The van der Waals surface area contributed by atoms with E-state index in [1.54, 1.807) is 0 Å². The molecule has 0 amide bonds. The first kappa shape index (κ1) is 7.98. The summed E-state index contributed by atoms with van der Waals surface area (Å²) in [5.74, 6) is 0.240. The highest BCUT2D eigenvalue weighted by Gasteiger charge is 2.25. The van der Waals surface area contributed by atoms with Gasteiger partial charge in [-0.3, -0.25) is 0 Å². The largest absolute Gasteiger partial charge is 0.393 e. The van der Waals surface area contributed by atoms with Gasteiger partial charge in [0.25, 0.3) is 0 Å². The Morgan fingerprint density at radius 2 is 2.10 bits per heavy atom. The van der Waals surface area contributed by atoms with E-state index >= 15 is 0 Å². The van der Waals surface area contributed by atoms with Crippen LogP contribution in [-0.2, 0) is 0 Å². The van der Waals surface area contributed by atoms with Crippen LogP contribution in [0.5, 0.6) is 0 Å². The minimum Gasteiger partial charge on any atom is -0.393 e. The molecule has 3 heteroatoms. The number of hydrogen-bond acceptors (Lipinski definition) is 3. The number of aliphatic hydroxyl groups excluding tert-OH is 1. The number of rotatable bonds is 1. The van der Waals surface area contributed by atoms with Crippen LogP contribution >= 0.6 is 0 Å². The molecule has 0 aromatic rings. The van der Waals surface area contributed by atoms with E-state index in [1.165, 1.54) is 0 Å². The van der Waals surface area contributed by atoms with E-state index in [9.17, 15) is 5.11 Å². The van der Waals surface area contributed by atoms with E-state index in [0.717, 1.165) is 19.3 Å². The van der Waals surface area contributed by atoms with Crippen LogP contribution in [-0.4, -0.2) is 23.8 Å². The summed E-state index contributed by atoms with van der Waals surface area (Å²) in [6.07, 6.45) is 2.45. The van der Waals surface area contributed by atoms with E-state index < -0.39 is 0 Å². The molecule has 0 aromatic heterocycles. The predicted octanol–water partition coefficient (Wildman–Crippen LogP) is -0.567. The van der Waals surface area contributed by atoms with E-state index in [0.29, 0.717) is 6.54 Å². The average molecular weight is 144 g/mol. The molecule has 0 bridgehead atoms. The molecule has 1 rings (SSSR count). The fourth-order valence-corrected chi connectivity index (χ4v) is 1.54. The maximum Gasteiger partial charge on any atom is 0.0581 e. The lowest BCUT2D eigenvalue weighted by Gasteiger charge is -2.30. The highest BCUT2D eigenvalue weighted by molar-refractivity contribution is 4.81. The Morgan fingerprint density at radius 3 is 2.60 bits per heavy atom. The van der Waals surface area contributed by atoms with Crippen LogP contribution in [0, 0.1) is 5.92 Å². The summed E-state index contributed by atoms with van der Waals surface area (Å²) < 4.78 is 0. The first-order chi connectivity index (χ1) is 4.74. The molecule has 60 valence electrons. The van der Waals surface area contributed by atoms with Crippen LogP contribution in [0.15, 0.2) is 0 Å². The third kappa shape index (κ3) is 1.68. The van der Waals surface area contributed by atoms with Crippen molar-refractivity contribution in [1.29, 1.82) is 0 Å². The molecule has 1 fully saturated rings. The van der Waals surface area contributed by atoms with Gasteiger partial charge in [-0.25, -0.2) is 0 Å². The van der Waals surface area contributed by atoms with Gasteiger partial charge in [0.15, 0.2) is 0 Å². The molecule has 0 aromatic carbocycles. The van der Waals surface area contributed by atoms with Crippen molar-refractivity contribution < 1.29 is 5.11 Å². The molecule has 0 heterocycles. The summed E-state index contributed by atoms with van der Waals surface area (Å²) >= 11 is 0. The molecule has 0 spiro atoms. The summed E-state index contributed by atoms with van der Waals surface area (Å²) in [7, 11) is 0. The van der Waals surface area contributed by atoms with Crippen molar-refractivity contribution in [1.82, 2.24) is 0 Å². The standard InChI is InChI=1S/C7H16N2O/c8-4-5-3-6(9)1-2-7(5)10/h5-7,10H,1-4,8-9H2. The second-order valence-corrected chi connectivity index (χ2v) is 3.14. The van der Waals surface area contributed by atoms with Crippen LogP contribution in [0.25, 0.3) is 0 Å².